The molecule has 1 amide bonds. The summed E-state index contributed by atoms with van der Waals surface area (Å²) in [7, 11) is 0. The van der Waals surface area contributed by atoms with Crippen LogP contribution in [0.2, 0.25) is 0 Å². The van der Waals surface area contributed by atoms with E-state index in [1.807, 2.05) is 0 Å². The van der Waals surface area contributed by atoms with Crippen molar-refractivity contribution in [2.45, 2.75) is 6.92 Å². The summed E-state index contributed by atoms with van der Waals surface area (Å²) >= 11 is 0. The molecule has 1 heterocycles. The van der Waals surface area contributed by atoms with E-state index in [2.05, 4.69) is 5.32 Å². The molecule has 2 rings (SSSR count). The number of carboxylic acids is 1. The highest BCUT2D eigenvalue weighted by molar-refractivity contribution is 6.02. The zero-order chi connectivity index (χ0) is 14.5. The standard InChI is InChI=1S/C15H13NO4/c1-10-4-5-11(9-13(10)15(18)19)16-14(17)7-6-12-3-2-8-20-12/h2-9H,1H3,(H,16,17)(H,18,19). The van der Waals surface area contributed by atoms with Crippen LogP contribution in [0, 0.1) is 6.92 Å². The van der Waals surface area contributed by atoms with Crippen LogP contribution in [-0.2, 0) is 4.79 Å². The molecule has 1 aromatic heterocycles. The summed E-state index contributed by atoms with van der Waals surface area (Å²) in [5, 5.41) is 11.6. The van der Waals surface area contributed by atoms with E-state index in [9.17, 15) is 9.59 Å². The van der Waals surface area contributed by atoms with Gasteiger partial charge in [0.1, 0.15) is 5.76 Å². The zero-order valence-electron chi connectivity index (χ0n) is 10.8. The van der Waals surface area contributed by atoms with Crippen LogP contribution in [0.4, 0.5) is 5.69 Å². The number of carbonyl (C=O) groups is 2. The number of anilines is 1. The van der Waals surface area contributed by atoms with Gasteiger partial charge >= 0.3 is 5.97 Å². The third kappa shape index (κ3) is 3.35. The van der Waals surface area contributed by atoms with Crippen molar-refractivity contribution in [3.8, 4) is 0 Å². The average molecular weight is 271 g/mol. The second kappa shape index (κ2) is 5.88. The van der Waals surface area contributed by atoms with Crippen molar-refractivity contribution in [2.24, 2.45) is 0 Å². The van der Waals surface area contributed by atoms with Crippen LogP contribution in [0.3, 0.4) is 0 Å². The fraction of sp³-hybridized carbons (Fsp3) is 0.0667. The normalized spacial score (nSPS) is 10.7. The SMILES string of the molecule is Cc1ccc(NC(=O)C=Cc2ccco2)cc1C(=O)O. The summed E-state index contributed by atoms with van der Waals surface area (Å²) in [6, 6.07) is 8.17. The smallest absolute Gasteiger partial charge is 0.336 e. The molecule has 0 aliphatic rings. The summed E-state index contributed by atoms with van der Waals surface area (Å²) < 4.78 is 5.06. The number of nitrogens with one attached hydrogen (secondary N) is 1. The fourth-order valence-corrected chi connectivity index (χ4v) is 1.66. The maximum absolute atomic E-state index is 11.7. The molecule has 0 bridgehead atoms. The molecule has 5 nitrogen and oxygen atoms in total. The van der Waals surface area contributed by atoms with E-state index >= 15 is 0 Å². The van der Waals surface area contributed by atoms with E-state index in [-0.39, 0.29) is 11.5 Å². The van der Waals surface area contributed by atoms with Gasteiger partial charge in [-0.2, -0.15) is 0 Å². The van der Waals surface area contributed by atoms with Gasteiger partial charge in [0, 0.05) is 11.8 Å². The van der Waals surface area contributed by atoms with Gasteiger partial charge in [-0.25, -0.2) is 4.79 Å². The van der Waals surface area contributed by atoms with Crippen molar-refractivity contribution in [1.82, 2.24) is 0 Å². The van der Waals surface area contributed by atoms with E-state index < -0.39 is 5.97 Å². The molecular formula is C15H13NO4. The minimum absolute atomic E-state index is 0.165. The summed E-state index contributed by atoms with van der Waals surface area (Å²) in [6.07, 6.45) is 4.36. The Morgan fingerprint density at radius 1 is 1.30 bits per heavy atom. The lowest BCUT2D eigenvalue weighted by molar-refractivity contribution is -0.111. The molecule has 0 spiro atoms. The van der Waals surface area contributed by atoms with Crippen LogP contribution in [0.1, 0.15) is 21.7 Å². The van der Waals surface area contributed by atoms with Crippen molar-refractivity contribution in [3.63, 3.8) is 0 Å². The van der Waals surface area contributed by atoms with Gasteiger partial charge in [0.2, 0.25) is 5.91 Å². The number of furan rings is 1. The Labute approximate surface area is 115 Å². The van der Waals surface area contributed by atoms with Crippen LogP contribution < -0.4 is 5.32 Å². The number of hydrogen-bond acceptors (Lipinski definition) is 3. The van der Waals surface area contributed by atoms with Crippen molar-refractivity contribution in [2.75, 3.05) is 5.32 Å². The summed E-state index contributed by atoms with van der Waals surface area (Å²) in [4.78, 5) is 22.7. The minimum Gasteiger partial charge on any atom is -0.478 e. The number of amides is 1. The monoisotopic (exact) mass is 271 g/mol. The molecule has 102 valence electrons. The van der Waals surface area contributed by atoms with Gasteiger partial charge in [-0.05, 0) is 42.8 Å². The molecule has 2 aromatic rings. The second-order valence-electron chi connectivity index (χ2n) is 4.17. The third-order valence-corrected chi connectivity index (χ3v) is 2.68. The first kappa shape index (κ1) is 13.6. The lowest BCUT2D eigenvalue weighted by atomic mass is 10.1. The number of carbonyl (C=O) groups excluding carboxylic acids is 1. The van der Waals surface area contributed by atoms with Gasteiger partial charge in [-0.3, -0.25) is 4.79 Å². The number of hydrogen-bond donors (Lipinski definition) is 2. The predicted octanol–water partition coefficient (Wildman–Crippen LogP) is 2.94. The molecule has 1 aromatic carbocycles. The first-order valence-corrected chi connectivity index (χ1v) is 5.93. The highest BCUT2D eigenvalue weighted by Gasteiger charge is 2.08. The van der Waals surface area contributed by atoms with Crippen LogP contribution in [0.25, 0.3) is 6.08 Å². The largest absolute Gasteiger partial charge is 0.478 e. The fourth-order valence-electron chi connectivity index (χ4n) is 1.66. The second-order valence-corrected chi connectivity index (χ2v) is 4.17. The molecule has 0 saturated heterocycles. The first-order valence-electron chi connectivity index (χ1n) is 5.93. The number of rotatable bonds is 4. The Morgan fingerprint density at radius 2 is 2.10 bits per heavy atom. The van der Waals surface area contributed by atoms with Crippen LogP contribution >= 0.6 is 0 Å². The van der Waals surface area contributed by atoms with E-state index in [0.29, 0.717) is 17.0 Å². The highest BCUT2D eigenvalue weighted by atomic mass is 16.4. The van der Waals surface area contributed by atoms with Gasteiger partial charge in [0.25, 0.3) is 0 Å². The molecule has 20 heavy (non-hydrogen) atoms. The van der Waals surface area contributed by atoms with E-state index in [0.717, 1.165) is 0 Å². The molecule has 0 radical (unpaired) electrons. The number of aromatic carboxylic acids is 1. The van der Waals surface area contributed by atoms with E-state index in [4.69, 9.17) is 9.52 Å². The zero-order valence-corrected chi connectivity index (χ0v) is 10.8. The highest BCUT2D eigenvalue weighted by Crippen LogP contribution is 2.15. The molecular weight excluding hydrogens is 258 g/mol. The van der Waals surface area contributed by atoms with Crippen molar-refractivity contribution < 1.29 is 19.1 Å². The molecule has 2 N–H and O–H groups in total. The molecule has 0 atom stereocenters. The van der Waals surface area contributed by atoms with Gasteiger partial charge < -0.3 is 14.8 Å². The Morgan fingerprint density at radius 3 is 2.75 bits per heavy atom. The Hall–Kier alpha value is -2.82. The maximum atomic E-state index is 11.7. The molecule has 0 aliphatic carbocycles. The maximum Gasteiger partial charge on any atom is 0.336 e. The predicted molar refractivity (Wildman–Crippen MR) is 74.5 cm³/mol. The number of benzene rings is 1. The number of aryl methyl sites for hydroxylation is 1. The van der Waals surface area contributed by atoms with Gasteiger partial charge in [0.05, 0.1) is 11.8 Å². The topological polar surface area (TPSA) is 79.5 Å². The minimum atomic E-state index is -1.02. The van der Waals surface area contributed by atoms with Gasteiger partial charge in [0.15, 0.2) is 0 Å². The van der Waals surface area contributed by atoms with Crippen LogP contribution in [-0.4, -0.2) is 17.0 Å². The van der Waals surface area contributed by atoms with Crippen molar-refractivity contribution >= 4 is 23.6 Å². The molecule has 0 aliphatic heterocycles. The lowest BCUT2D eigenvalue weighted by Gasteiger charge is -2.05. The van der Waals surface area contributed by atoms with E-state index in [1.165, 1.54) is 24.5 Å². The summed E-state index contributed by atoms with van der Waals surface area (Å²) in [5.74, 6) is -0.818. The summed E-state index contributed by atoms with van der Waals surface area (Å²) in [5.41, 5.74) is 1.24. The quantitative estimate of drug-likeness (QED) is 0.838. The Bertz CT molecular complexity index is 657. The number of carboxylic acid groups (broad SMARTS) is 1. The van der Waals surface area contributed by atoms with Crippen molar-refractivity contribution in [3.05, 3.63) is 59.6 Å². The van der Waals surface area contributed by atoms with Gasteiger partial charge in [-0.15, -0.1) is 0 Å². The first-order chi connectivity index (χ1) is 9.56. The molecule has 0 unspecified atom stereocenters. The summed E-state index contributed by atoms with van der Waals surface area (Å²) in [6.45, 7) is 1.70. The molecule has 5 heteroatoms. The van der Waals surface area contributed by atoms with Gasteiger partial charge in [-0.1, -0.05) is 6.07 Å². The van der Waals surface area contributed by atoms with Crippen LogP contribution in [0.15, 0.2) is 47.1 Å². The molecule has 0 saturated carbocycles. The third-order valence-electron chi connectivity index (χ3n) is 2.68. The lowest BCUT2D eigenvalue weighted by Crippen LogP contribution is -2.09. The van der Waals surface area contributed by atoms with Crippen molar-refractivity contribution in [1.29, 1.82) is 0 Å². The molecule has 0 fully saturated rings. The average Bonchev–Trinajstić information content (AvgIpc) is 2.91. The Kier molecular flexibility index (Phi) is 4.00. The van der Waals surface area contributed by atoms with Crippen LogP contribution in [0.5, 0.6) is 0 Å². The van der Waals surface area contributed by atoms with E-state index in [1.54, 1.807) is 31.2 Å². The Balaban J connectivity index is 2.08.